The van der Waals surface area contributed by atoms with Gasteiger partial charge in [-0.25, -0.2) is 4.39 Å². The van der Waals surface area contributed by atoms with Gasteiger partial charge in [0.05, 0.1) is 0 Å². The molecule has 78 valence electrons. The van der Waals surface area contributed by atoms with Crippen LogP contribution in [0.4, 0.5) is 4.39 Å². The highest BCUT2D eigenvalue weighted by molar-refractivity contribution is 5.85. The van der Waals surface area contributed by atoms with Gasteiger partial charge in [-0.1, -0.05) is 12.1 Å². The molecule has 0 aliphatic carbocycles. The van der Waals surface area contributed by atoms with Crippen LogP contribution in [-0.2, 0) is 0 Å². The van der Waals surface area contributed by atoms with Gasteiger partial charge in [-0.15, -0.1) is 12.4 Å². The largest absolute Gasteiger partial charge is 0.310 e. The molecule has 1 nitrogen and oxygen atoms in total. The van der Waals surface area contributed by atoms with Gasteiger partial charge in [0, 0.05) is 6.04 Å². The van der Waals surface area contributed by atoms with Crippen molar-refractivity contribution >= 4 is 12.4 Å². The summed E-state index contributed by atoms with van der Waals surface area (Å²) in [4.78, 5) is 0. The lowest BCUT2D eigenvalue weighted by atomic mass is 10.00. The molecule has 1 aliphatic heterocycles. The van der Waals surface area contributed by atoms with Crippen molar-refractivity contribution in [2.45, 2.75) is 25.8 Å². The van der Waals surface area contributed by atoms with Crippen LogP contribution < -0.4 is 5.32 Å². The Labute approximate surface area is 90.1 Å². The molecule has 1 atom stereocenters. The Morgan fingerprint density at radius 2 is 2.21 bits per heavy atom. The summed E-state index contributed by atoms with van der Waals surface area (Å²) in [7, 11) is 0. The smallest absolute Gasteiger partial charge is 0.126 e. The monoisotopic (exact) mass is 215 g/mol. The predicted molar refractivity (Wildman–Crippen MR) is 58.4 cm³/mol. The average Bonchev–Trinajstić information content (AvgIpc) is 2.62. The summed E-state index contributed by atoms with van der Waals surface area (Å²) in [6.45, 7) is 2.91. The van der Waals surface area contributed by atoms with E-state index in [1.807, 2.05) is 13.0 Å². The zero-order valence-corrected chi connectivity index (χ0v) is 9.03. The van der Waals surface area contributed by atoms with Crippen molar-refractivity contribution in [2.24, 2.45) is 0 Å². The van der Waals surface area contributed by atoms with Gasteiger partial charge >= 0.3 is 0 Å². The van der Waals surface area contributed by atoms with Crippen LogP contribution in [0, 0.1) is 12.7 Å². The molecule has 3 heteroatoms. The zero-order chi connectivity index (χ0) is 9.26. The summed E-state index contributed by atoms with van der Waals surface area (Å²) in [6, 6.07) is 5.70. The van der Waals surface area contributed by atoms with Crippen molar-refractivity contribution in [1.82, 2.24) is 5.32 Å². The van der Waals surface area contributed by atoms with E-state index in [4.69, 9.17) is 0 Å². The summed E-state index contributed by atoms with van der Waals surface area (Å²) in [5.74, 6) is -0.0915. The Balaban J connectivity index is 0.000000980. The topological polar surface area (TPSA) is 12.0 Å². The normalized spacial score (nSPS) is 20.6. The first-order valence-electron chi connectivity index (χ1n) is 4.77. The Kier molecular flexibility index (Phi) is 3.90. The second kappa shape index (κ2) is 4.76. The number of rotatable bonds is 1. The standard InChI is InChI=1S/C11H14FN.ClH/c1-8-9(4-2-5-10(8)12)11-6-3-7-13-11;/h2,4-5,11,13H,3,6-7H2,1H3;1H/t11-;/m1./s1. The minimum atomic E-state index is -0.0915. The minimum absolute atomic E-state index is 0. The SMILES string of the molecule is Cc1c(F)cccc1[C@H]1CCCN1.Cl. The van der Waals surface area contributed by atoms with Gasteiger partial charge in [0.1, 0.15) is 5.82 Å². The number of hydrogen-bond donors (Lipinski definition) is 1. The second-order valence-corrected chi connectivity index (χ2v) is 3.60. The second-order valence-electron chi connectivity index (χ2n) is 3.60. The third-order valence-corrected chi connectivity index (χ3v) is 2.75. The molecule has 0 bridgehead atoms. The Morgan fingerprint density at radius 1 is 1.43 bits per heavy atom. The Hall–Kier alpha value is -0.600. The van der Waals surface area contributed by atoms with Crippen molar-refractivity contribution < 1.29 is 4.39 Å². The summed E-state index contributed by atoms with van der Waals surface area (Å²) in [5, 5.41) is 3.37. The van der Waals surface area contributed by atoms with Crippen molar-refractivity contribution in [3.8, 4) is 0 Å². The van der Waals surface area contributed by atoms with Gasteiger partial charge < -0.3 is 5.32 Å². The Morgan fingerprint density at radius 3 is 2.86 bits per heavy atom. The summed E-state index contributed by atoms with van der Waals surface area (Å²) < 4.78 is 13.2. The van der Waals surface area contributed by atoms with Gasteiger partial charge in [0.15, 0.2) is 0 Å². The van der Waals surface area contributed by atoms with Crippen LogP contribution in [0.5, 0.6) is 0 Å². The van der Waals surface area contributed by atoms with Gasteiger partial charge in [0.25, 0.3) is 0 Å². The molecule has 0 unspecified atom stereocenters. The molecular weight excluding hydrogens is 201 g/mol. The molecule has 1 aromatic carbocycles. The number of nitrogens with one attached hydrogen (secondary N) is 1. The van der Waals surface area contributed by atoms with E-state index in [9.17, 15) is 4.39 Å². The molecule has 0 aromatic heterocycles. The van der Waals surface area contributed by atoms with Crippen LogP contribution in [0.1, 0.15) is 30.0 Å². The van der Waals surface area contributed by atoms with Crippen LogP contribution >= 0.6 is 12.4 Å². The quantitative estimate of drug-likeness (QED) is 0.760. The molecule has 1 aromatic rings. The molecule has 14 heavy (non-hydrogen) atoms. The predicted octanol–water partition coefficient (Wildman–Crippen LogP) is 2.98. The Bertz CT molecular complexity index is 308. The van der Waals surface area contributed by atoms with Crippen molar-refractivity contribution in [2.75, 3.05) is 6.54 Å². The first-order chi connectivity index (χ1) is 6.29. The van der Waals surface area contributed by atoms with Crippen LogP contribution in [-0.4, -0.2) is 6.54 Å². The van der Waals surface area contributed by atoms with Gasteiger partial charge in [-0.05, 0) is 43.5 Å². The molecule has 0 saturated carbocycles. The van der Waals surface area contributed by atoms with E-state index in [0.717, 1.165) is 24.1 Å². The van der Waals surface area contributed by atoms with Gasteiger partial charge in [-0.2, -0.15) is 0 Å². The average molecular weight is 216 g/mol. The molecule has 1 N–H and O–H groups in total. The highest BCUT2D eigenvalue weighted by atomic mass is 35.5. The zero-order valence-electron chi connectivity index (χ0n) is 8.22. The lowest BCUT2D eigenvalue weighted by molar-refractivity contribution is 0.595. The fourth-order valence-corrected chi connectivity index (χ4v) is 1.95. The molecule has 1 fully saturated rings. The number of halogens is 2. The van der Waals surface area contributed by atoms with Crippen molar-refractivity contribution in [1.29, 1.82) is 0 Å². The first kappa shape index (κ1) is 11.5. The van der Waals surface area contributed by atoms with Crippen molar-refractivity contribution in [3.05, 3.63) is 35.1 Å². The number of hydrogen-bond acceptors (Lipinski definition) is 1. The maximum absolute atomic E-state index is 13.2. The highest BCUT2D eigenvalue weighted by Gasteiger charge is 2.18. The molecule has 1 aliphatic rings. The molecule has 1 saturated heterocycles. The summed E-state index contributed by atoms with van der Waals surface area (Å²) in [6.07, 6.45) is 2.32. The molecular formula is C11H15ClFN. The molecule has 2 rings (SSSR count). The summed E-state index contributed by atoms with van der Waals surface area (Å²) >= 11 is 0. The van der Waals surface area contributed by atoms with E-state index in [2.05, 4.69) is 5.32 Å². The van der Waals surface area contributed by atoms with Crippen LogP contribution in [0.3, 0.4) is 0 Å². The molecule has 0 amide bonds. The molecule has 0 radical (unpaired) electrons. The van der Waals surface area contributed by atoms with Crippen LogP contribution in [0.15, 0.2) is 18.2 Å². The fourth-order valence-electron chi connectivity index (χ4n) is 1.95. The van der Waals surface area contributed by atoms with E-state index in [1.165, 1.54) is 12.5 Å². The van der Waals surface area contributed by atoms with Gasteiger partial charge in [-0.3, -0.25) is 0 Å². The highest BCUT2D eigenvalue weighted by Crippen LogP contribution is 2.26. The molecule has 1 heterocycles. The third kappa shape index (κ3) is 2.07. The van der Waals surface area contributed by atoms with Gasteiger partial charge in [0.2, 0.25) is 0 Å². The maximum atomic E-state index is 13.2. The van der Waals surface area contributed by atoms with Crippen LogP contribution in [0.25, 0.3) is 0 Å². The summed E-state index contributed by atoms with van der Waals surface area (Å²) in [5.41, 5.74) is 1.92. The third-order valence-electron chi connectivity index (χ3n) is 2.75. The number of benzene rings is 1. The van der Waals surface area contributed by atoms with E-state index in [-0.39, 0.29) is 18.2 Å². The van der Waals surface area contributed by atoms with E-state index in [0.29, 0.717) is 6.04 Å². The molecule has 0 spiro atoms. The lowest BCUT2D eigenvalue weighted by Gasteiger charge is -2.13. The van der Waals surface area contributed by atoms with E-state index in [1.54, 1.807) is 6.07 Å². The first-order valence-corrected chi connectivity index (χ1v) is 4.77. The minimum Gasteiger partial charge on any atom is -0.310 e. The fraction of sp³-hybridized carbons (Fsp3) is 0.455. The van der Waals surface area contributed by atoms with Crippen LogP contribution in [0.2, 0.25) is 0 Å². The van der Waals surface area contributed by atoms with E-state index < -0.39 is 0 Å². The lowest BCUT2D eigenvalue weighted by Crippen LogP contribution is -2.14. The van der Waals surface area contributed by atoms with E-state index >= 15 is 0 Å². The maximum Gasteiger partial charge on any atom is 0.126 e. The van der Waals surface area contributed by atoms with Crippen molar-refractivity contribution in [3.63, 3.8) is 0 Å².